The number of halogens is 3. The number of primary amides is 1. The summed E-state index contributed by atoms with van der Waals surface area (Å²) in [5.74, 6) is -1.83. The van der Waals surface area contributed by atoms with E-state index in [0.717, 1.165) is 11.6 Å². The molecular formula is C24H19ClF2N4O2. The van der Waals surface area contributed by atoms with Crippen molar-refractivity contribution in [1.29, 1.82) is 0 Å². The van der Waals surface area contributed by atoms with Crippen molar-refractivity contribution in [2.24, 2.45) is 5.73 Å². The first-order valence-electron chi connectivity index (χ1n) is 10.2. The van der Waals surface area contributed by atoms with E-state index in [-0.39, 0.29) is 21.9 Å². The van der Waals surface area contributed by atoms with Crippen molar-refractivity contribution in [1.82, 2.24) is 14.7 Å². The third-order valence-corrected chi connectivity index (χ3v) is 6.23. The number of amides is 1. The Kier molecular flexibility index (Phi) is 5.07. The van der Waals surface area contributed by atoms with Gasteiger partial charge >= 0.3 is 0 Å². The maximum absolute atomic E-state index is 14.9. The Balaban J connectivity index is 1.70. The number of hydrogen-bond acceptors (Lipinski definition) is 4. The number of aromatic nitrogens is 2. The van der Waals surface area contributed by atoms with Crippen LogP contribution in [0.4, 0.5) is 8.78 Å². The molecule has 3 N–H and O–H groups in total. The fraction of sp³-hybridized carbons (Fsp3) is 0.167. The molecule has 4 aromatic rings. The predicted molar refractivity (Wildman–Crippen MR) is 120 cm³/mol. The number of likely N-dealkylation sites (N-methyl/N-ethyl adjacent to an activating group) is 1. The van der Waals surface area contributed by atoms with Crippen molar-refractivity contribution >= 4 is 23.2 Å². The quantitative estimate of drug-likeness (QED) is 0.462. The second-order valence-corrected chi connectivity index (χ2v) is 8.37. The fourth-order valence-electron chi connectivity index (χ4n) is 4.41. The van der Waals surface area contributed by atoms with E-state index >= 15 is 0 Å². The lowest BCUT2D eigenvalue weighted by atomic mass is 9.87. The van der Waals surface area contributed by atoms with Gasteiger partial charge in [-0.1, -0.05) is 41.9 Å². The SMILES string of the molecule is CNC[C@@]1(c2ccccc2)Cc2c(cc(F)c(Cl)c2-c2cn3cc(C(N)=O)cc(F)c3n2)O1. The van der Waals surface area contributed by atoms with E-state index in [1.165, 1.54) is 22.9 Å². The number of pyridine rings is 1. The zero-order valence-electron chi connectivity index (χ0n) is 17.5. The monoisotopic (exact) mass is 468 g/mol. The van der Waals surface area contributed by atoms with Gasteiger partial charge in [0.2, 0.25) is 5.91 Å². The molecule has 1 aliphatic heterocycles. The standard InChI is InChI=1S/C24H19ClF2N4O2/c1-29-12-24(14-5-3-2-4-6-14)9-15-19(33-24)8-16(26)21(25)20(15)18-11-31-10-13(22(28)32)7-17(27)23(31)30-18/h2-8,10-11,29H,9,12H2,1H3,(H2,28,32)/t24-/m1/s1. The first-order chi connectivity index (χ1) is 15.8. The summed E-state index contributed by atoms with van der Waals surface area (Å²) in [5.41, 5.74) is 6.63. The first-order valence-corrected chi connectivity index (χ1v) is 10.6. The van der Waals surface area contributed by atoms with Gasteiger partial charge in [-0.25, -0.2) is 13.8 Å². The Bertz CT molecular complexity index is 1410. The molecule has 0 spiro atoms. The summed E-state index contributed by atoms with van der Waals surface area (Å²) in [6.45, 7) is 0.464. The lowest BCUT2D eigenvalue weighted by Gasteiger charge is -2.29. The average Bonchev–Trinajstić information content (AvgIpc) is 3.37. The van der Waals surface area contributed by atoms with Crippen LogP contribution in [0.3, 0.4) is 0 Å². The predicted octanol–water partition coefficient (Wildman–Crippen LogP) is 4.08. The molecule has 0 fully saturated rings. The molecule has 6 nitrogen and oxygen atoms in total. The topological polar surface area (TPSA) is 81.6 Å². The number of fused-ring (bicyclic) bond motifs is 2. The van der Waals surface area contributed by atoms with Gasteiger partial charge in [-0.2, -0.15) is 0 Å². The number of nitrogens with one attached hydrogen (secondary N) is 1. The zero-order chi connectivity index (χ0) is 23.3. The van der Waals surface area contributed by atoms with Gasteiger partial charge < -0.3 is 20.2 Å². The van der Waals surface area contributed by atoms with Crippen LogP contribution in [0.15, 0.2) is 54.9 Å². The highest BCUT2D eigenvalue weighted by molar-refractivity contribution is 6.33. The van der Waals surface area contributed by atoms with Crippen molar-refractivity contribution in [3.8, 4) is 17.0 Å². The summed E-state index contributed by atoms with van der Waals surface area (Å²) in [7, 11) is 1.81. The van der Waals surface area contributed by atoms with E-state index in [4.69, 9.17) is 22.1 Å². The zero-order valence-corrected chi connectivity index (χ0v) is 18.3. The van der Waals surface area contributed by atoms with E-state index < -0.39 is 23.1 Å². The summed E-state index contributed by atoms with van der Waals surface area (Å²) >= 11 is 6.41. The molecule has 0 saturated heterocycles. The van der Waals surface area contributed by atoms with Gasteiger partial charge in [0.1, 0.15) is 11.6 Å². The summed E-state index contributed by atoms with van der Waals surface area (Å²) in [6.07, 6.45) is 3.26. The Hall–Kier alpha value is -3.49. The van der Waals surface area contributed by atoms with Crippen molar-refractivity contribution in [2.45, 2.75) is 12.0 Å². The number of carbonyl (C=O) groups excluding carboxylic acids is 1. The summed E-state index contributed by atoms with van der Waals surface area (Å²) in [6, 6.07) is 11.9. The van der Waals surface area contributed by atoms with Gasteiger partial charge in [-0.15, -0.1) is 0 Å². The number of hydrogen-bond donors (Lipinski definition) is 2. The molecule has 1 aliphatic rings. The molecule has 168 valence electrons. The smallest absolute Gasteiger partial charge is 0.250 e. The van der Waals surface area contributed by atoms with Crippen molar-refractivity contribution < 1.29 is 18.3 Å². The average molecular weight is 469 g/mol. The van der Waals surface area contributed by atoms with Crippen LogP contribution in [-0.2, 0) is 12.0 Å². The van der Waals surface area contributed by atoms with E-state index in [1.54, 1.807) is 0 Å². The van der Waals surface area contributed by atoms with Crippen molar-refractivity contribution in [2.75, 3.05) is 13.6 Å². The van der Waals surface area contributed by atoms with Crippen LogP contribution >= 0.6 is 11.6 Å². The highest BCUT2D eigenvalue weighted by Crippen LogP contribution is 2.48. The number of nitrogens with zero attached hydrogens (tertiary/aromatic N) is 2. The Morgan fingerprint density at radius 2 is 2.00 bits per heavy atom. The maximum Gasteiger partial charge on any atom is 0.250 e. The Morgan fingerprint density at radius 1 is 1.24 bits per heavy atom. The first kappa shape index (κ1) is 21.4. The molecule has 33 heavy (non-hydrogen) atoms. The Morgan fingerprint density at radius 3 is 2.70 bits per heavy atom. The lowest BCUT2D eigenvalue weighted by Crippen LogP contribution is -2.41. The third kappa shape index (κ3) is 3.42. The fourth-order valence-corrected chi connectivity index (χ4v) is 4.67. The third-order valence-electron chi connectivity index (χ3n) is 5.86. The molecule has 1 atom stereocenters. The number of benzene rings is 2. The molecule has 0 saturated carbocycles. The molecule has 0 aliphatic carbocycles. The largest absolute Gasteiger partial charge is 0.480 e. The molecular weight excluding hydrogens is 450 g/mol. The second kappa shape index (κ2) is 7.83. The molecule has 3 heterocycles. The Labute approximate surface area is 193 Å². The van der Waals surface area contributed by atoms with E-state index in [0.29, 0.717) is 29.8 Å². The van der Waals surface area contributed by atoms with Gasteiger partial charge in [0.15, 0.2) is 17.1 Å². The van der Waals surface area contributed by atoms with Gasteiger partial charge in [-0.3, -0.25) is 4.79 Å². The van der Waals surface area contributed by atoms with E-state index in [2.05, 4.69) is 10.3 Å². The van der Waals surface area contributed by atoms with Gasteiger partial charge in [0.25, 0.3) is 0 Å². The number of imidazole rings is 1. The van der Waals surface area contributed by atoms with Crippen LogP contribution in [0.1, 0.15) is 21.5 Å². The minimum atomic E-state index is -0.784. The van der Waals surface area contributed by atoms with Crippen LogP contribution in [0.2, 0.25) is 5.02 Å². The molecule has 9 heteroatoms. The maximum atomic E-state index is 14.9. The lowest BCUT2D eigenvalue weighted by molar-refractivity contribution is 0.0940. The van der Waals surface area contributed by atoms with Gasteiger partial charge in [0, 0.05) is 42.6 Å². The number of rotatable bonds is 5. The second-order valence-electron chi connectivity index (χ2n) is 7.99. The molecule has 1 amide bonds. The molecule has 0 bridgehead atoms. The number of nitrogens with two attached hydrogens (primary N) is 1. The van der Waals surface area contributed by atoms with E-state index in [1.807, 2.05) is 37.4 Å². The van der Waals surface area contributed by atoms with Crippen molar-refractivity contribution in [3.63, 3.8) is 0 Å². The van der Waals surface area contributed by atoms with Crippen LogP contribution in [0.25, 0.3) is 16.9 Å². The number of carbonyl (C=O) groups is 1. The minimum absolute atomic E-state index is 0.0139. The highest BCUT2D eigenvalue weighted by Gasteiger charge is 2.43. The molecule has 0 unspecified atom stereocenters. The van der Waals surface area contributed by atoms with Gasteiger partial charge in [-0.05, 0) is 18.7 Å². The number of ether oxygens (including phenoxy) is 1. The van der Waals surface area contributed by atoms with Crippen LogP contribution in [-0.4, -0.2) is 28.9 Å². The normalized spacial score (nSPS) is 17.2. The molecule has 2 aromatic carbocycles. The molecule has 0 radical (unpaired) electrons. The van der Waals surface area contributed by atoms with Crippen molar-refractivity contribution in [3.05, 3.63) is 88.2 Å². The minimum Gasteiger partial charge on any atom is -0.480 e. The van der Waals surface area contributed by atoms with E-state index in [9.17, 15) is 13.6 Å². The van der Waals surface area contributed by atoms with Crippen LogP contribution < -0.4 is 15.8 Å². The summed E-state index contributed by atoms with van der Waals surface area (Å²) in [4.78, 5) is 15.9. The van der Waals surface area contributed by atoms with Crippen LogP contribution in [0.5, 0.6) is 5.75 Å². The van der Waals surface area contributed by atoms with Gasteiger partial charge in [0.05, 0.1) is 16.3 Å². The highest BCUT2D eigenvalue weighted by atomic mass is 35.5. The molecule has 2 aromatic heterocycles. The molecule has 5 rings (SSSR count). The van der Waals surface area contributed by atoms with Crippen LogP contribution in [0, 0.1) is 11.6 Å². The summed E-state index contributed by atoms with van der Waals surface area (Å²) in [5, 5.41) is 3.02. The summed E-state index contributed by atoms with van der Waals surface area (Å²) < 4.78 is 37.1.